The SMILES string of the molecule is COc1ccc(F)c(-c2cc(C(F)(F)F)ccc2I)c1. The van der Waals surface area contributed by atoms with Crippen LogP contribution in [0.25, 0.3) is 11.1 Å². The molecule has 0 heterocycles. The van der Waals surface area contributed by atoms with E-state index in [2.05, 4.69) is 0 Å². The summed E-state index contributed by atoms with van der Waals surface area (Å²) in [5.41, 5.74) is -0.535. The smallest absolute Gasteiger partial charge is 0.416 e. The predicted octanol–water partition coefficient (Wildman–Crippen LogP) is 5.12. The van der Waals surface area contributed by atoms with E-state index in [4.69, 9.17) is 4.74 Å². The summed E-state index contributed by atoms with van der Waals surface area (Å²) in [7, 11) is 1.41. The van der Waals surface area contributed by atoms with Gasteiger partial charge in [0.2, 0.25) is 0 Å². The van der Waals surface area contributed by atoms with Crippen LogP contribution in [-0.2, 0) is 6.18 Å². The first-order chi connectivity index (χ1) is 9.32. The second-order valence-electron chi connectivity index (χ2n) is 4.04. The molecule has 1 nitrogen and oxygen atoms in total. The van der Waals surface area contributed by atoms with Crippen LogP contribution in [0.5, 0.6) is 5.75 Å². The topological polar surface area (TPSA) is 9.23 Å². The zero-order valence-corrected chi connectivity index (χ0v) is 12.4. The van der Waals surface area contributed by atoms with E-state index in [1.807, 2.05) is 22.6 Å². The van der Waals surface area contributed by atoms with Crippen molar-refractivity contribution in [1.82, 2.24) is 0 Å². The average molecular weight is 396 g/mol. The molecule has 20 heavy (non-hydrogen) atoms. The fourth-order valence-electron chi connectivity index (χ4n) is 1.75. The molecule has 0 N–H and O–H groups in total. The molecular formula is C14H9F4IO. The van der Waals surface area contributed by atoms with Gasteiger partial charge < -0.3 is 4.74 Å². The minimum Gasteiger partial charge on any atom is -0.497 e. The molecule has 0 atom stereocenters. The van der Waals surface area contributed by atoms with Gasteiger partial charge in [0.15, 0.2) is 0 Å². The van der Waals surface area contributed by atoms with Crippen LogP contribution in [0.3, 0.4) is 0 Å². The molecule has 2 aromatic rings. The van der Waals surface area contributed by atoms with E-state index in [-0.39, 0.29) is 11.1 Å². The number of ether oxygens (including phenoxy) is 1. The van der Waals surface area contributed by atoms with Crippen LogP contribution in [0.1, 0.15) is 5.56 Å². The summed E-state index contributed by atoms with van der Waals surface area (Å²) < 4.78 is 57.6. The molecule has 0 aliphatic heterocycles. The minimum atomic E-state index is -4.46. The standard InChI is InChI=1S/C14H9F4IO/c1-20-9-3-4-12(15)10(7-9)11-6-8(14(16,17)18)2-5-13(11)19/h2-7H,1H3. The Balaban J connectivity index is 2.63. The monoisotopic (exact) mass is 396 g/mol. The van der Waals surface area contributed by atoms with Crippen molar-refractivity contribution in [2.75, 3.05) is 7.11 Å². The molecule has 6 heteroatoms. The highest BCUT2D eigenvalue weighted by Crippen LogP contribution is 2.36. The van der Waals surface area contributed by atoms with Crippen molar-refractivity contribution in [1.29, 1.82) is 0 Å². The molecular weight excluding hydrogens is 387 g/mol. The van der Waals surface area contributed by atoms with Crippen molar-refractivity contribution in [3.05, 3.63) is 51.3 Å². The number of alkyl halides is 3. The van der Waals surface area contributed by atoms with Crippen molar-refractivity contribution in [2.45, 2.75) is 6.18 Å². The van der Waals surface area contributed by atoms with E-state index >= 15 is 0 Å². The summed E-state index contributed by atoms with van der Waals surface area (Å²) in [6.07, 6.45) is -4.46. The molecule has 0 radical (unpaired) electrons. The van der Waals surface area contributed by atoms with Gasteiger partial charge in [-0.3, -0.25) is 0 Å². The first kappa shape index (κ1) is 15.1. The van der Waals surface area contributed by atoms with Crippen molar-refractivity contribution < 1.29 is 22.3 Å². The lowest BCUT2D eigenvalue weighted by Gasteiger charge is -2.12. The first-order valence-corrected chi connectivity index (χ1v) is 6.61. The molecule has 0 aliphatic rings. The van der Waals surface area contributed by atoms with Crippen molar-refractivity contribution in [3.63, 3.8) is 0 Å². The maximum absolute atomic E-state index is 13.9. The first-order valence-electron chi connectivity index (χ1n) is 5.53. The van der Waals surface area contributed by atoms with Gasteiger partial charge in [-0.2, -0.15) is 13.2 Å². The van der Waals surface area contributed by atoms with Gasteiger partial charge in [-0.15, -0.1) is 0 Å². The summed E-state index contributed by atoms with van der Waals surface area (Å²) >= 11 is 1.87. The molecule has 0 bridgehead atoms. The van der Waals surface area contributed by atoms with Crippen LogP contribution in [0, 0.1) is 9.39 Å². The Hall–Kier alpha value is -1.31. The van der Waals surface area contributed by atoms with Crippen LogP contribution in [0.2, 0.25) is 0 Å². The predicted molar refractivity (Wildman–Crippen MR) is 76.1 cm³/mol. The molecule has 0 unspecified atom stereocenters. The number of hydrogen-bond donors (Lipinski definition) is 0. The third-order valence-corrected chi connectivity index (χ3v) is 3.70. The number of methoxy groups -OCH3 is 1. The molecule has 106 valence electrons. The number of halogens is 5. The third-order valence-electron chi connectivity index (χ3n) is 2.76. The maximum Gasteiger partial charge on any atom is 0.416 e. The normalized spacial score (nSPS) is 11.5. The molecule has 0 saturated carbocycles. The average Bonchev–Trinajstić information content (AvgIpc) is 2.39. The molecule has 0 fully saturated rings. The van der Waals surface area contributed by atoms with E-state index in [1.54, 1.807) is 0 Å². The van der Waals surface area contributed by atoms with Gasteiger partial charge in [-0.1, -0.05) is 0 Å². The van der Waals surface area contributed by atoms with Crippen LogP contribution in [-0.4, -0.2) is 7.11 Å². The highest BCUT2D eigenvalue weighted by Gasteiger charge is 2.31. The lowest BCUT2D eigenvalue weighted by atomic mass is 10.0. The Morgan fingerprint density at radius 3 is 2.30 bits per heavy atom. The number of benzene rings is 2. The molecule has 0 aromatic heterocycles. The Labute approximate surface area is 126 Å². The van der Waals surface area contributed by atoms with E-state index in [0.717, 1.165) is 12.1 Å². The van der Waals surface area contributed by atoms with Crippen LogP contribution in [0.15, 0.2) is 36.4 Å². The van der Waals surface area contributed by atoms with E-state index < -0.39 is 17.6 Å². The number of hydrogen-bond acceptors (Lipinski definition) is 1. The molecule has 2 aromatic carbocycles. The minimum absolute atomic E-state index is 0.0832. The molecule has 0 amide bonds. The summed E-state index contributed by atoms with van der Waals surface area (Å²) in [6, 6.07) is 7.21. The molecule has 2 rings (SSSR count). The Kier molecular flexibility index (Phi) is 4.22. The van der Waals surface area contributed by atoms with E-state index in [9.17, 15) is 17.6 Å². The third kappa shape index (κ3) is 3.05. The largest absolute Gasteiger partial charge is 0.497 e. The van der Waals surface area contributed by atoms with Crippen molar-refractivity contribution in [3.8, 4) is 16.9 Å². The quantitative estimate of drug-likeness (QED) is 0.506. The highest BCUT2D eigenvalue weighted by molar-refractivity contribution is 14.1. The maximum atomic E-state index is 13.9. The lowest BCUT2D eigenvalue weighted by Crippen LogP contribution is -2.05. The molecule has 0 saturated heterocycles. The van der Waals surface area contributed by atoms with Gasteiger partial charge in [-0.25, -0.2) is 4.39 Å². The zero-order chi connectivity index (χ0) is 14.9. The fourth-order valence-corrected chi connectivity index (χ4v) is 2.37. The zero-order valence-electron chi connectivity index (χ0n) is 10.3. The second kappa shape index (κ2) is 5.59. The Morgan fingerprint density at radius 2 is 1.70 bits per heavy atom. The van der Waals surface area contributed by atoms with E-state index in [0.29, 0.717) is 9.32 Å². The molecule has 0 spiro atoms. The highest BCUT2D eigenvalue weighted by atomic mass is 127. The molecule has 0 aliphatic carbocycles. The van der Waals surface area contributed by atoms with Crippen molar-refractivity contribution >= 4 is 22.6 Å². The second-order valence-corrected chi connectivity index (χ2v) is 5.20. The summed E-state index contributed by atoms with van der Waals surface area (Å²) in [4.78, 5) is 0. The fraction of sp³-hybridized carbons (Fsp3) is 0.143. The lowest BCUT2D eigenvalue weighted by molar-refractivity contribution is -0.137. The van der Waals surface area contributed by atoms with Crippen molar-refractivity contribution in [2.24, 2.45) is 0 Å². The van der Waals surface area contributed by atoms with Gasteiger partial charge in [-0.05, 0) is 64.6 Å². The van der Waals surface area contributed by atoms with Crippen LogP contribution < -0.4 is 4.74 Å². The Bertz CT molecular complexity index is 638. The van der Waals surface area contributed by atoms with Gasteiger partial charge in [0.1, 0.15) is 11.6 Å². The van der Waals surface area contributed by atoms with Crippen LogP contribution >= 0.6 is 22.6 Å². The van der Waals surface area contributed by atoms with Gasteiger partial charge in [0.05, 0.1) is 12.7 Å². The Morgan fingerprint density at radius 1 is 1.00 bits per heavy atom. The van der Waals surface area contributed by atoms with E-state index in [1.165, 1.54) is 31.4 Å². The summed E-state index contributed by atoms with van der Waals surface area (Å²) in [5, 5.41) is 0. The number of rotatable bonds is 2. The van der Waals surface area contributed by atoms with Gasteiger partial charge >= 0.3 is 6.18 Å². The van der Waals surface area contributed by atoms with Crippen LogP contribution in [0.4, 0.5) is 17.6 Å². The summed E-state index contributed by atoms with van der Waals surface area (Å²) in [6.45, 7) is 0. The van der Waals surface area contributed by atoms with Gasteiger partial charge in [0.25, 0.3) is 0 Å². The summed E-state index contributed by atoms with van der Waals surface area (Å²) in [5.74, 6) is -0.211. The van der Waals surface area contributed by atoms with Gasteiger partial charge in [0, 0.05) is 9.13 Å².